The first-order valence-corrected chi connectivity index (χ1v) is 12.3. The number of ether oxygens (including phenoxy) is 1. The van der Waals surface area contributed by atoms with E-state index in [1.165, 1.54) is 12.1 Å². The van der Waals surface area contributed by atoms with E-state index in [9.17, 15) is 13.2 Å². The zero-order valence-electron chi connectivity index (χ0n) is 18.7. The number of alkyl carbamates (subject to hydrolysis) is 1. The molecule has 0 aliphatic heterocycles. The average molecular weight is 479 g/mol. The molecule has 34 heavy (non-hydrogen) atoms. The van der Waals surface area contributed by atoms with Crippen molar-refractivity contribution in [1.82, 2.24) is 10.3 Å². The summed E-state index contributed by atoms with van der Waals surface area (Å²) in [4.78, 5) is 15.8. The Morgan fingerprint density at radius 2 is 1.68 bits per heavy atom. The largest absolute Gasteiger partial charge is 0.445 e. The van der Waals surface area contributed by atoms with Crippen LogP contribution >= 0.6 is 0 Å². The second kappa shape index (κ2) is 10.5. The molecule has 0 spiro atoms. The predicted octanol–water partition coefficient (Wildman–Crippen LogP) is 4.72. The van der Waals surface area contributed by atoms with E-state index in [0.717, 1.165) is 27.6 Å². The maximum absolute atomic E-state index is 12.7. The minimum atomic E-state index is -3.98. The minimum absolute atomic E-state index is 0.0654. The Kier molecular flexibility index (Phi) is 7.30. The number of carbonyl (C=O) groups excluding carboxylic acids is 1. The first-order valence-electron chi connectivity index (χ1n) is 10.9. The van der Waals surface area contributed by atoms with Gasteiger partial charge in [0.25, 0.3) is 10.1 Å². The van der Waals surface area contributed by atoms with Crippen LogP contribution in [0.25, 0.3) is 10.9 Å². The number of para-hydroxylation sites is 1. The van der Waals surface area contributed by atoms with Gasteiger partial charge in [0, 0.05) is 17.1 Å². The molecule has 1 unspecified atom stereocenters. The number of aromatic amines is 1. The van der Waals surface area contributed by atoms with Crippen LogP contribution in [0.4, 0.5) is 4.79 Å². The number of fused-ring (bicyclic) bond motifs is 1. The van der Waals surface area contributed by atoms with E-state index >= 15 is 0 Å². The summed E-state index contributed by atoms with van der Waals surface area (Å²) in [6.07, 6.45) is 1.56. The van der Waals surface area contributed by atoms with Crippen LogP contribution in [0.3, 0.4) is 0 Å². The van der Waals surface area contributed by atoms with Crippen molar-refractivity contribution in [3.8, 4) is 0 Å². The van der Waals surface area contributed by atoms with Crippen molar-refractivity contribution in [2.24, 2.45) is 0 Å². The highest BCUT2D eigenvalue weighted by atomic mass is 32.2. The molecule has 1 amide bonds. The normalized spacial score (nSPS) is 12.4. The molecule has 4 aromatic rings. The topological polar surface area (TPSA) is 97.5 Å². The van der Waals surface area contributed by atoms with Gasteiger partial charge < -0.3 is 15.0 Å². The van der Waals surface area contributed by atoms with Crippen LogP contribution < -0.4 is 5.32 Å². The van der Waals surface area contributed by atoms with Gasteiger partial charge in [-0.1, -0.05) is 66.2 Å². The molecule has 0 saturated carbocycles. The van der Waals surface area contributed by atoms with Crippen LogP contribution in [0.2, 0.25) is 0 Å². The molecule has 0 radical (unpaired) electrons. The molecule has 0 bridgehead atoms. The Morgan fingerprint density at radius 1 is 0.971 bits per heavy atom. The van der Waals surface area contributed by atoms with Crippen LogP contribution in [0.1, 0.15) is 16.7 Å². The van der Waals surface area contributed by atoms with E-state index in [1.54, 1.807) is 12.1 Å². The average Bonchev–Trinajstić information content (AvgIpc) is 3.25. The third-order valence-electron chi connectivity index (χ3n) is 5.41. The maximum Gasteiger partial charge on any atom is 0.407 e. The summed E-state index contributed by atoms with van der Waals surface area (Å²) in [5.41, 5.74) is 3.68. The van der Waals surface area contributed by atoms with Crippen molar-refractivity contribution in [2.45, 2.75) is 30.9 Å². The Hall–Kier alpha value is -3.62. The molecule has 1 heterocycles. The highest BCUT2D eigenvalue weighted by Gasteiger charge is 2.22. The lowest BCUT2D eigenvalue weighted by atomic mass is 10.1. The molecule has 4 rings (SSSR count). The Balaban J connectivity index is 1.47. The summed E-state index contributed by atoms with van der Waals surface area (Å²) in [5.74, 6) is 0. The van der Waals surface area contributed by atoms with Gasteiger partial charge in [0.05, 0.1) is 17.5 Å². The van der Waals surface area contributed by atoms with Gasteiger partial charge in [-0.3, -0.25) is 4.18 Å². The number of benzene rings is 3. The number of H-pyrrole nitrogens is 1. The van der Waals surface area contributed by atoms with E-state index in [-0.39, 0.29) is 18.1 Å². The van der Waals surface area contributed by atoms with Crippen LogP contribution in [-0.4, -0.2) is 32.1 Å². The molecular weight excluding hydrogens is 452 g/mol. The predicted molar refractivity (Wildman–Crippen MR) is 130 cm³/mol. The Morgan fingerprint density at radius 3 is 2.44 bits per heavy atom. The SMILES string of the molecule is Cc1ccc(S(=O)(=O)OCC(Cc2c[nH]c3ccccc23)NC(=O)OCc2ccccc2)cc1. The second-order valence-corrected chi connectivity index (χ2v) is 9.63. The molecule has 7 nitrogen and oxygen atoms in total. The highest BCUT2D eigenvalue weighted by molar-refractivity contribution is 7.86. The molecule has 176 valence electrons. The first-order chi connectivity index (χ1) is 16.4. The number of amides is 1. The van der Waals surface area contributed by atoms with E-state index < -0.39 is 22.3 Å². The molecule has 1 atom stereocenters. The van der Waals surface area contributed by atoms with Crippen molar-refractivity contribution in [3.63, 3.8) is 0 Å². The Labute approximate surface area is 198 Å². The van der Waals surface area contributed by atoms with Gasteiger partial charge in [-0.05, 0) is 42.7 Å². The van der Waals surface area contributed by atoms with E-state index in [1.807, 2.05) is 67.7 Å². The van der Waals surface area contributed by atoms with Gasteiger partial charge in [0.2, 0.25) is 0 Å². The second-order valence-electron chi connectivity index (χ2n) is 8.02. The third-order valence-corrected chi connectivity index (χ3v) is 6.71. The summed E-state index contributed by atoms with van der Waals surface area (Å²) in [6, 6.07) is 22.9. The first kappa shape index (κ1) is 23.5. The molecule has 2 N–H and O–H groups in total. The zero-order valence-corrected chi connectivity index (χ0v) is 19.5. The number of nitrogens with one attached hydrogen (secondary N) is 2. The van der Waals surface area contributed by atoms with E-state index in [2.05, 4.69) is 10.3 Å². The zero-order chi connectivity index (χ0) is 24.0. The van der Waals surface area contributed by atoms with Gasteiger partial charge in [-0.15, -0.1) is 0 Å². The lowest BCUT2D eigenvalue weighted by Gasteiger charge is -2.18. The molecule has 0 fully saturated rings. The number of rotatable bonds is 9. The van der Waals surface area contributed by atoms with Gasteiger partial charge in [-0.2, -0.15) is 8.42 Å². The van der Waals surface area contributed by atoms with E-state index in [4.69, 9.17) is 8.92 Å². The smallest absolute Gasteiger partial charge is 0.407 e. The quantitative estimate of drug-likeness (QED) is 0.339. The molecule has 0 aliphatic rings. The van der Waals surface area contributed by atoms with Gasteiger partial charge >= 0.3 is 6.09 Å². The minimum Gasteiger partial charge on any atom is -0.445 e. The number of carbonyl (C=O) groups is 1. The number of hydrogen-bond donors (Lipinski definition) is 2. The third kappa shape index (κ3) is 6.03. The molecule has 1 aromatic heterocycles. The van der Waals surface area contributed by atoms with Crippen molar-refractivity contribution in [3.05, 3.63) is 102 Å². The van der Waals surface area contributed by atoms with Gasteiger partial charge in [0.1, 0.15) is 6.61 Å². The standard InChI is InChI=1S/C26H26N2O5S/c1-19-11-13-23(14-12-19)34(30,31)33-18-22(15-21-16-27-25-10-6-5-9-24(21)25)28-26(29)32-17-20-7-3-2-4-8-20/h2-14,16,22,27H,15,17-18H2,1H3,(H,28,29). The molecule has 0 saturated heterocycles. The molecule has 0 aliphatic carbocycles. The van der Waals surface area contributed by atoms with Crippen molar-refractivity contribution in [2.75, 3.05) is 6.61 Å². The fourth-order valence-electron chi connectivity index (χ4n) is 3.59. The van der Waals surface area contributed by atoms with Crippen LogP contribution in [0.15, 0.2) is 90.0 Å². The van der Waals surface area contributed by atoms with Crippen LogP contribution in [0, 0.1) is 6.92 Å². The number of hydrogen-bond acceptors (Lipinski definition) is 5. The van der Waals surface area contributed by atoms with Gasteiger partial charge in [-0.25, -0.2) is 4.79 Å². The van der Waals surface area contributed by atoms with E-state index in [0.29, 0.717) is 6.42 Å². The Bertz CT molecular complexity index is 1350. The number of aryl methyl sites for hydroxylation is 1. The lowest BCUT2D eigenvalue weighted by Crippen LogP contribution is -2.40. The fraction of sp³-hybridized carbons (Fsp3) is 0.192. The van der Waals surface area contributed by atoms with Crippen molar-refractivity contribution in [1.29, 1.82) is 0 Å². The molecular formula is C26H26N2O5S. The summed E-state index contributed by atoms with van der Waals surface area (Å²) in [6.45, 7) is 1.74. The van der Waals surface area contributed by atoms with Crippen LogP contribution in [-0.2, 0) is 32.1 Å². The summed E-state index contributed by atoms with van der Waals surface area (Å²) < 4.78 is 36.0. The fourth-order valence-corrected chi connectivity index (χ4v) is 4.54. The van der Waals surface area contributed by atoms with Gasteiger partial charge in [0.15, 0.2) is 0 Å². The van der Waals surface area contributed by atoms with Crippen molar-refractivity contribution < 1.29 is 22.1 Å². The summed E-state index contributed by atoms with van der Waals surface area (Å²) in [7, 11) is -3.98. The summed E-state index contributed by atoms with van der Waals surface area (Å²) in [5, 5.41) is 3.75. The maximum atomic E-state index is 12.7. The summed E-state index contributed by atoms with van der Waals surface area (Å²) >= 11 is 0. The highest BCUT2D eigenvalue weighted by Crippen LogP contribution is 2.20. The molecule has 3 aromatic carbocycles. The molecule has 8 heteroatoms. The lowest BCUT2D eigenvalue weighted by molar-refractivity contribution is 0.131. The van der Waals surface area contributed by atoms with Crippen LogP contribution in [0.5, 0.6) is 0 Å². The van der Waals surface area contributed by atoms with Crippen molar-refractivity contribution >= 4 is 27.1 Å². The number of aromatic nitrogens is 1. The monoisotopic (exact) mass is 478 g/mol.